The molecule has 4 nitrogen and oxygen atoms in total. The van der Waals surface area contributed by atoms with Crippen molar-refractivity contribution in [1.82, 2.24) is 4.57 Å². The first kappa shape index (κ1) is 16.2. The number of carbonyl (C=O) groups excluding carboxylic acids is 2. The molecule has 0 spiro atoms. The average molecular weight is 299 g/mol. The lowest BCUT2D eigenvalue weighted by molar-refractivity contribution is -0.104. The van der Waals surface area contributed by atoms with Gasteiger partial charge in [-0.25, -0.2) is 0 Å². The first-order chi connectivity index (χ1) is 10.7. The van der Waals surface area contributed by atoms with Crippen LogP contribution in [0.2, 0.25) is 0 Å². The Hall–Kier alpha value is -2.20. The monoisotopic (exact) mass is 299 g/mol. The van der Waals surface area contributed by atoms with Crippen molar-refractivity contribution in [2.24, 2.45) is 0 Å². The molecule has 0 radical (unpaired) electrons. The molecule has 0 N–H and O–H groups in total. The molecule has 116 valence electrons. The number of rotatable bonds is 8. The summed E-state index contributed by atoms with van der Waals surface area (Å²) in [6, 6.07) is 11.6. The predicted octanol–water partition coefficient (Wildman–Crippen LogP) is 3.27. The highest BCUT2D eigenvalue weighted by Crippen LogP contribution is 2.27. The Balaban J connectivity index is 2.38. The van der Waals surface area contributed by atoms with Gasteiger partial charge in [-0.05, 0) is 31.9 Å². The van der Waals surface area contributed by atoms with Crippen LogP contribution >= 0.6 is 0 Å². The molecule has 1 aromatic carbocycles. The normalized spacial score (nSPS) is 10.6. The summed E-state index contributed by atoms with van der Waals surface area (Å²) in [7, 11) is 0. The molecule has 0 bridgehead atoms. The van der Waals surface area contributed by atoms with E-state index in [-0.39, 0.29) is 0 Å². The molecule has 0 aliphatic rings. The number of aromatic nitrogens is 1. The molecule has 0 saturated carbocycles. The third-order valence-corrected chi connectivity index (χ3v) is 3.60. The van der Waals surface area contributed by atoms with Crippen LogP contribution in [0.3, 0.4) is 0 Å². The van der Waals surface area contributed by atoms with Crippen LogP contribution in [0.5, 0.6) is 0 Å². The molecule has 0 amide bonds. The fourth-order valence-electron chi connectivity index (χ4n) is 2.59. The summed E-state index contributed by atoms with van der Waals surface area (Å²) < 4.78 is 7.26. The van der Waals surface area contributed by atoms with Gasteiger partial charge in [-0.3, -0.25) is 9.59 Å². The van der Waals surface area contributed by atoms with Crippen molar-refractivity contribution in [3.05, 3.63) is 47.8 Å². The maximum atomic E-state index is 12.1. The van der Waals surface area contributed by atoms with E-state index in [1.165, 1.54) is 0 Å². The number of ether oxygens (including phenoxy) is 1. The van der Waals surface area contributed by atoms with Crippen LogP contribution in [0.15, 0.2) is 36.4 Å². The number of nitrogens with zero attached hydrogens (tertiary/aromatic N) is 1. The van der Waals surface area contributed by atoms with E-state index < -0.39 is 5.78 Å². The third kappa shape index (κ3) is 3.52. The summed E-state index contributed by atoms with van der Waals surface area (Å²) in [5.41, 5.74) is 3.20. The first-order valence-electron chi connectivity index (χ1n) is 7.51. The Morgan fingerprint density at radius 2 is 2.00 bits per heavy atom. The maximum Gasteiger partial charge on any atom is 0.242 e. The van der Waals surface area contributed by atoms with E-state index in [1.54, 1.807) is 0 Å². The van der Waals surface area contributed by atoms with E-state index in [9.17, 15) is 9.59 Å². The molecule has 2 aromatic rings. The number of carbonyl (C=O) groups is 2. The second-order valence-electron chi connectivity index (χ2n) is 5.10. The van der Waals surface area contributed by atoms with Crippen LogP contribution in [0.4, 0.5) is 0 Å². The highest BCUT2D eigenvalue weighted by atomic mass is 16.5. The van der Waals surface area contributed by atoms with E-state index in [0.717, 1.165) is 23.2 Å². The Kier molecular flexibility index (Phi) is 5.67. The number of hydrogen-bond acceptors (Lipinski definition) is 3. The van der Waals surface area contributed by atoms with E-state index >= 15 is 0 Å². The lowest BCUT2D eigenvalue weighted by Crippen LogP contribution is -2.13. The molecule has 22 heavy (non-hydrogen) atoms. The Bertz CT molecular complexity index is 644. The maximum absolute atomic E-state index is 12.1. The van der Waals surface area contributed by atoms with Crippen molar-refractivity contribution in [2.45, 2.75) is 26.8 Å². The number of Topliss-reactive ketones (excluding diaryl/α,β-unsaturated/α-hetero) is 1. The van der Waals surface area contributed by atoms with Crippen molar-refractivity contribution in [1.29, 1.82) is 0 Å². The number of benzene rings is 1. The topological polar surface area (TPSA) is 48.3 Å². The van der Waals surface area contributed by atoms with Gasteiger partial charge < -0.3 is 9.30 Å². The molecule has 0 aliphatic carbocycles. The second kappa shape index (κ2) is 7.71. The van der Waals surface area contributed by atoms with Gasteiger partial charge in [0.25, 0.3) is 0 Å². The first-order valence-corrected chi connectivity index (χ1v) is 7.51. The fourth-order valence-corrected chi connectivity index (χ4v) is 2.59. The quantitative estimate of drug-likeness (QED) is 0.325. The van der Waals surface area contributed by atoms with Crippen LogP contribution in [0, 0.1) is 6.92 Å². The van der Waals surface area contributed by atoms with E-state index in [0.29, 0.717) is 31.7 Å². The fraction of sp³-hybridized carbons (Fsp3) is 0.333. The standard InChI is InChI=1S/C18H21NO3/c1-3-22-11-7-10-19-14(2)12-16(18(19)17(21)13-20)15-8-5-4-6-9-15/h4-6,8-9,12-13H,3,7,10-11H2,1-2H3. The Morgan fingerprint density at radius 1 is 1.27 bits per heavy atom. The van der Waals surface area contributed by atoms with Crippen LogP contribution in [0.1, 0.15) is 29.5 Å². The molecule has 0 unspecified atom stereocenters. The summed E-state index contributed by atoms with van der Waals surface area (Å²) in [6.45, 7) is 5.89. The Labute approximate surface area is 130 Å². The summed E-state index contributed by atoms with van der Waals surface area (Å²) in [5, 5.41) is 0. The van der Waals surface area contributed by atoms with Gasteiger partial charge in [-0.15, -0.1) is 0 Å². The van der Waals surface area contributed by atoms with Crippen LogP contribution < -0.4 is 0 Å². The largest absolute Gasteiger partial charge is 0.382 e. The van der Waals surface area contributed by atoms with Crippen molar-refractivity contribution in [3.8, 4) is 11.1 Å². The number of hydrogen-bond donors (Lipinski definition) is 0. The van der Waals surface area contributed by atoms with Gasteiger partial charge in [0, 0.05) is 31.0 Å². The zero-order valence-corrected chi connectivity index (χ0v) is 13.0. The molecular formula is C18H21NO3. The van der Waals surface area contributed by atoms with E-state index in [2.05, 4.69) is 0 Å². The van der Waals surface area contributed by atoms with Crippen molar-refractivity contribution in [3.63, 3.8) is 0 Å². The van der Waals surface area contributed by atoms with E-state index in [4.69, 9.17) is 4.74 Å². The molecule has 4 heteroatoms. The lowest BCUT2D eigenvalue weighted by Gasteiger charge is -2.11. The molecule has 0 atom stereocenters. The smallest absolute Gasteiger partial charge is 0.242 e. The van der Waals surface area contributed by atoms with Gasteiger partial charge >= 0.3 is 0 Å². The van der Waals surface area contributed by atoms with E-state index in [1.807, 2.05) is 54.8 Å². The summed E-state index contributed by atoms with van der Waals surface area (Å²) >= 11 is 0. The number of aryl methyl sites for hydroxylation is 1. The highest BCUT2D eigenvalue weighted by molar-refractivity contribution is 6.34. The van der Waals surface area contributed by atoms with Crippen LogP contribution in [-0.4, -0.2) is 29.9 Å². The third-order valence-electron chi connectivity index (χ3n) is 3.60. The lowest BCUT2D eigenvalue weighted by atomic mass is 10.0. The molecule has 0 aliphatic heterocycles. The van der Waals surface area contributed by atoms with Gasteiger partial charge in [0.15, 0.2) is 6.29 Å². The van der Waals surface area contributed by atoms with Crippen molar-refractivity contribution in [2.75, 3.05) is 13.2 Å². The van der Waals surface area contributed by atoms with Gasteiger partial charge in [0.05, 0.1) is 0 Å². The molecular weight excluding hydrogens is 278 g/mol. The van der Waals surface area contributed by atoms with Gasteiger partial charge in [-0.1, -0.05) is 30.3 Å². The van der Waals surface area contributed by atoms with Gasteiger partial charge in [0.1, 0.15) is 5.69 Å². The summed E-state index contributed by atoms with van der Waals surface area (Å²) in [5.74, 6) is -0.483. The van der Waals surface area contributed by atoms with Crippen molar-refractivity contribution >= 4 is 12.1 Å². The molecule has 2 rings (SSSR count). The average Bonchev–Trinajstić information content (AvgIpc) is 2.88. The molecule has 0 fully saturated rings. The minimum absolute atomic E-state index is 0.389. The number of ketones is 1. The summed E-state index contributed by atoms with van der Waals surface area (Å²) in [4.78, 5) is 23.1. The zero-order valence-electron chi connectivity index (χ0n) is 13.0. The van der Waals surface area contributed by atoms with Gasteiger partial charge in [0.2, 0.25) is 5.78 Å². The number of aldehydes is 1. The SMILES string of the molecule is CCOCCCn1c(C)cc(-c2ccccc2)c1C(=O)C=O. The minimum atomic E-state index is -0.483. The highest BCUT2D eigenvalue weighted by Gasteiger charge is 2.19. The van der Waals surface area contributed by atoms with Crippen LogP contribution in [-0.2, 0) is 16.1 Å². The Morgan fingerprint density at radius 3 is 2.64 bits per heavy atom. The second-order valence-corrected chi connectivity index (χ2v) is 5.10. The summed E-state index contributed by atoms with van der Waals surface area (Å²) in [6.07, 6.45) is 1.19. The predicted molar refractivity (Wildman–Crippen MR) is 86.1 cm³/mol. The van der Waals surface area contributed by atoms with Gasteiger partial charge in [-0.2, -0.15) is 0 Å². The van der Waals surface area contributed by atoms with Crippen LogP contribution in [0.25, 0.3) is 11.1 Å². The molecule has 1 aromatic heterocycles. The zero-order chi connectivity index (χ0) is 15.9. The molecule has 0 saturated heterocycles. The minimum Gasteiger partial charge on any atom is -0.382 e. The van der Waals surface area contributed by atoms with Crippen molar-refractivity contribution < 1.29 is 14.3 Å². The molecule has 1 heterocycles.